The molecule has 2 saturated carbocycles. The molecular weight excluding hydrogens is 212 g/mol. The van der Waals surface area contributed by atoms with Gasteiger partial charge in [-0.25, -0.2) is 0 Å². The summed E-state index contributed by atoms with van der Waals surface area (Å²) < 4.78 is 5.17. The Hall–Kier alpha value is -0.790. The fourth-order valence-electron chi connectivity index (χ4n) is 5.07. The van der Waals surface area contributed by atoms with E-state index >= 15 is 0 Å². The van der Waals surface area contributed by atoms with Crippen LogP contribution in [0.5, 0.6) is 0 Å². The summed E-state index contributed by atoms with van der Waals surface area (Å²) >= 11 is 0. The largest absolute Gasteiger partial charge is 0.469 e. The van der Waals surface area contributed by atoms with Crippen LogP contribution < -0.4 is 0 Å². The van der Waals surface area contributed by atoms with Gasteiger partial charge in [-0.05, 0) is 42.9 Å². The second-order valence-corrected chi connectivity index (χ2v) is 6.23. The quantitative estimate of drug-likeness (QED) is 0.514. The molecule has 3 aliphatic carbocycles. The number of methoxy groups -OCH3 is 1. The lowest BCUT2D eigenvalue weighted by Gasteiger charge is -2.69. The van der Waals surface area contributed by atoms with Crippen LogP contribution in [0.15, 0.2) is 12.2 Å². The topological polar surface area (TPSA) is 26.3 Å². The molecule has 0 aliphatic heterocycles. The standard InChI is InChI=1S/C15H22O2/c1-14-9-5-3-7-11(14)12-8-4-6-10-15(12,14)13(16)17-2/h3,7,11-12H,4-6,8-10H2,1-2H3/t11-,12-,14-,15-/m0/s1. The molecule has 2 nitrogen and oxygen atoms in total. The van der Waals surface area contributed by atoms with Crippen LogP contribution in [0.1, 0.15) is 45.4 Å². The van der Waals surface area contributed by atoms with Crippen molar-refractivity contribution in [2.24, 2.45) is 22.7 Å². The van der Waals surface area contributed by atoms with Gasteiger partial charge < -0.3 is 4.74 Å². The average Bonchev–Trinajstić information content (AvgIpc) is 2.36. The number of fused-ring (bicyclic) bond motifs is 4. The van der Waals surface area contributed by atoms with Gasteiger partial charge in [0.05, 0.1) is 12.5 Å². The van der Waals surface area contributed by atoms with E-state index in [1.165, 1.54) is 19.3 Å². The third-order valence-electron chi connectivity index (χ3n) is 5.88. The third kappa shape index (κ3) is 1.14. The molecule has 2 fully saturated rings. The summed E-state index contributed by atoms with van der Waals surface area (Å²) in [5.41, 5.74) is 0.00928. The van der Waals surface area contributed by atoms with E-state index in [1.54, 1.807) is 7.11 Å². The van der Waals surface area contributed by atoms with E-state index in [4.69, 9.17) is 4.74 Å². The molecule has 3 rings (SSSR count). The van der Waals surface area contributed by atoms with Crippen molar-refractivity contribution in [3.63, 3.8) is 0 Å². The number of allylic oxidation sites excluding steroid dienone is 2. The Labute approximate surface area is 103 Å². The molecule has 0 amide bonds. The minimum absolute atomic E-state index is 0.0660. The fraction of sp³-hybridized carbons (Fsp3) is 0.800. The first kappa shape index (κ1) is 11.3. The van der Waals surface area contributed by atoms with Crippen LogP contribution >= 0.6 is 0 Å². The molecule has 3 aliphatic rings. The summed E-state index contributed by atoms with van der Waals surface area (Å²) in [4.78, 5) is 12.4. The fourth-order valence-corrected chi connectivity index (χ4v) is 5.07. The Morgan fingerprint density at radius 3 is 2.94 bits per heavy atom. The molecular formula is C15H22O2. The first-order chi connectivity index (χ1) is 8.17. The summed E-state index contributed by atoms with van der Waals surface area (Å²) in [6.45, 7) is 2.32. The van der Waals surface area contributed by atoms with Gasteiger partial charge in [0.1, 0.15) is 0 Å². The van der Waals surface area contributed by atoms with Crippen LogP contribution in [0.4, 0.5) is 0 Å². The molecule has 17 heavy (non-hydrogen) atoms. The smallest absolute Gasteiger partial charge is 0.312 e. The first-order valence-electron chi connectivity index (χ1n) is 6.92. The van der Waals surface area contributed by atoms with Crippen LogP contribution in [-0.4, -0.2) is 13.1 Å². The van der Waals surface area contributed by atoms with E-state index in [0.29, 0.717) is 11.8 Å². The van der Waals surface area contributed by atoms with Crippen LogP contribution in [-0.2, 0) is 9.53 Å². The Bertz CT molecular complexity index is 373. The number of ether oxygens (including phenoxy) is 1. The van der Waals surface area contributed by atoms with Gasteiger partial charge in [0.2, 0.25) is 0 Å². The second-order valence-electron chi connectivity index (χ2n) is 6.23. The van der Waals surface area contributed by atoms with Crippen LogP contribution in [0.25, 0.3) is 0 Å². The van der Waals surface area contributed by atoms with E-state index in [-0.39, 0.29) is 16.8 Å². The van der Waals surface area contributed by atoms with E-state index in [1.807, 2.05) is 0 Å². The Morgan fingerprint density at radius 2 is 2.18 bits per heavy atom. The third-order valence-corrected chi connectivity index (χ3v) is 5.88. The van der Waals surface area contributed by atoms with Crippen molar-refractivity contribution in [1.29, 1.82) is 0 Å². The minimum atomic E-state index is -0.157. The van der Waals surface area contributed by atoms with Gasteiger partial charge in [0.15, 0.2) is 0 Å². The summed E-state index contributed by atoms with van der Waals surface area (Å²) in [5, 5.41) is 0. The van der Waals surface area contributed by atoms with Gasteiger partial charge in [0, 0.05) is 0 Å². The van der Waals surface area contributed by atoms with Gasteiger partial charge >= 0.3 is 5.97 Å². The maximum absolute atomic E-state index is 12.4. The summed E-state index contributed by atoms with van der Waals surface area (Å²) in [5.74, 6) is 1.23. The zero-order valence-corrected chi connectivity index (χ0v) is 10.9. The average molecular weight is 234 g/mol. The summed E-state index contributed by atoms with van der Waals surface area (Å²) in [6, 6.07) is 0. The molecule has 0 aromatic heterocycles. The van der Waals surface area contributed by atoms with Crippen molar-refractivity contribution in [3.8, 4) is 0 Å². The molecule has 0 bridgehead atoms. The zero-order valence-electron chi connectivity index (χ0n) is 10.9. The maximum atomic E-state index is 12.4. The van der Waals surface area contributed by atoms with Crippen LogP contribution in [0, 0.1) is 22.7 Å². The molecule has 0 saturated heterocycles. The van der Waals surface area contributed by atoms with Crippen molar-refractivity contribution < 1.29 is 9.53 Å². The highest BCUT2D eigenvalue weighted by molar-refractivity contribution is 5.80. The molecule has 0 aromatic carbocycles. The Morgan fingerprint density at radius 1 is 1.35 bits per heavy atom. The first-order valence-corrected chi connectivity index (χ1v) is 6.92. The van der Waals surface area contributed by atoms with E-state index in [2.05, 4.69) is 19.1 Å². The van der Waals surface area contributed by atoms with E-state index in [0.717, 1.165) is 19.3 Å². The lowest BCUT2D eigenvalue weighted by molar-refractivity contribution is -0.228. The molecule has 0 heterocycles. The van der Waals surface area contributed by atoms with Crippen molar-refractivity contribution in [1.82, 2.24) is 0 Å². The molecule has 0 radical (unpaired) electrons. The molecule has 0 unspecified atom stereocenters. The molecule has 4 atom stereocenters. The minimum Gasteiger partial charge on any atom is -0.469 e. The number of carbonyl (C=O) groups is 1. The Kier molecular flexibility index (Phi) is 2.39. The number of rotatable bonds is 1. The Balaban J connectivity index is 2.03. The van der Waals surface area contributed by atoms with Crippen molar-refractivity contribution in [3.05, 3.63) is 12.2 Å². The summed E-state index contributed by atoms with van der Waals surface area (Å²) in [7, 11) is 1.55. The van der Waals surface area contributed by atoms with Gasteiger partial charge in [-0.3, -0.25) is 4.79 Å². The zero-order chi connectivity index (χ0) is 12.1. The van der Waals surface area contributed by atoms with Crippen LogP contribution in [0.3, 0.4) is 0 Å². The van der Waals surface area contributed by atoms with Gasteiger partial charge in [-0.15, -0.1) is 0 Å². The second kappa shape index (κ2) is 3.60. The lowest BCUT2D eigenvalue weighted by Crippen LogP contribution is -2.68. The van der Waals surface area contributed by atoms with Gasteiger partial charge in [-0.1, -0.05) is 31.9 Å². The number of carbonyl (C=O) groups excluding carboxylic acids is 1. The number of hydrogen-bond acceptors (Lipinski definition) is 2. The lowest BCUT2D eigenvalue weighted by atomic mass is 9.33. The van der Waals surface area contributed by atoms with Crippen LogP contribution in [0.2, 0.25) is 0 Å². The molecule has 0 N–H and O–H groups in total. The SMILES string of the molecule is COC(=O)[C@]12CCCC[C@H]1[C@@H]1C=CCC[C@@]12C. The molecule has 0 spiro atoms. The van der Waals surface area contributed by atoms with Gasteiger partial charge in [0.25, 0.3) is 0 Å². The molecule has 2 heteroatoms. The summed E-state index contributed by atoms with van der Waals surface area (Å²) in [6.07, 6.45) is 11.7. The highest BCUT2D eigenvalue weighted by atomic mass is 16.5. The normalized spacial score (nSPS) is 47.6. The maximum Gasteiger partial charge on any atom is 0.312 e. The highest BCUT2D eigenvalue weighted by Gasteiger charge is 2.72. The monoisotopic (exact) mass is 234 g/mol. The predicted octanol–water partition coefficient (Wildman–Crippen LogP) is 3.32. The molecule has 0 aromatic rings. The van der Waals surface area contributed by atoms with E-state index < -0.39 is 0 Å². The highest BCUT2D eigenvalue weighted by Crippen LogP contribution is 2.73. The van der Waals surface area contributed by atoms with Crippen molar-refractivity contribution in [2.75, 3.05) is 7.11 Å². The predicted molar refractivity (Wildman–Crippen MR) is 66.4 cm³/mol. The number of esters is 1. The van der Waals surface area contributed by atoms with Gasteiger partial charge in [-0.2, -0.15) is 0 Å². The van der Waals surface area contributed by atoms with E-state index in [9.17, 15) is 4.79 Å². The molecule has 94 valence electrons. The number of hydrogen-bond donors (Lipinski definition) is 0. The van der Waals surface area contributed by atoms with Crippen molar-refractivity contribution in [2.45, 2.75) is 45.4 Å². The van der Waals surface area contributed by atoms with Crippen molar-refractivity contribution >= 4 is 5.97 Å².